The van der Waals surface area contributed by atoms with Crippen molar-refractivity contribution in [2.75, 3.05) is 12.4 Å². The Morgan fingerprint density at radius 2 is 1.37 bits per heavy atom. The molecular weight excluding hydrogens is 344 g/mol. The molecule has 0 aliphatic carbocycles. The molecule has 2 N–H and O–H groups in total. The van der Waals surface area contributed by atoms with Gasteiger partial charge in [0.1, 0.15) is 0 Å². The molecule has 0 fully saturated rings. The molecule has 142 valence electrons. The highest BCUT2D eigenvalue weighted by atomic mass is 16.5. The van der Waals surface area contributed by atoms with Crippen LogP contribution in [0.1, 0.15) is 57.4 Å². The van der Waals surface area contributed by atoms with Crippen LogP contribution in [0.4, 0.5) is 5.69 Å². The lowest BCUT2D eigenvalue weighted by Crippen LogP contribution is -2.40. The predicted octanol–water partition coefficient (Wildman–Crippen LogP) is 3.56. The number of hydrogen-bond acceptors (Lipinski definition) is 4. The summed E-state index contributed by atoms with van der Waals surface area (Å²) in [4.78, 5) is 36.3. The number of benzene rings is 2. The molecule has 2 amide bonds. The molecule has 0 saturated heterocycles. The van der Waals surface area contributed by atoms with Gasteiger partial charge in [-0.25, -0.2) is 4.79 Å². The lowest BCUT2D eigenvalue weighted by molar-refractivity contribution is 0.0600. The fraction of sp³-hybridized carbons (Fsp3) is 0.286. The van der Waals surface area contributed by atoms with Gasteiger partial charge in [0.05, 0.1) is 12.7 Å². The third-order valence-corrected chi connectivity index (χ3v) is 3.80. The molecule has 6 nitrogen and oxygen atoms in total. The molecule has 27 heavy (non-hydrogen) atoms. The number of carbonyl (C=O) groups excluding carboxylic acids is 3. The van der Waals surface area contributed by atoms with Crippen LogP contribution in [0.5, 0.6) is 0 Å². The van der Waals surface area contributed by atoms with E-state index in [9.17, 15) is 14.4 Å². The fourth-order valence-electron chi connectivity index (χ4n) is 2.38. The van der Waals surface area contributed by atoms with Crippen LogP contribution in [0.3, 0.4) is 0 Å². The molecule has 0 aliphatic rings. The van der Waals surface area contributed by atoms with Crippen LogP contribution in [0.25, 0.3) is 0 Å². The summed E-state index contributed by atoms with van der Waals surface area (Å²) >= 11 is 0. The van der Waals surface area contributed by atoms with Crippen molar-refractivity contribution in [2.24, 2.45) is 0 Å². The lowest BCUT2D eigenvalue weighted by Gasteiger charge is -2.20. The monoisotopic (exact) mass is 368 g/mol. The van der Waals surface area contributed by atoms with Gasteiger partial charge < -0.3 is 15.4 Å². The summed E-state index contributed by atoms with van der Waals surface area (Å²) in [5.41, 5.74) is 2.24. The van der Waals surface area contributed by atoms with Crippen LogP contribution in [0.2, 0.25) is 0 Å². The van der Waals surface area contributed by atoms with Crippen molar-refractivity contribution >= 4 is 23.5 Å². The highest BCUT2D eigenvalue weighted by Gasteiger charge is 2.16. The number of aryl methyl sites for hydroxylation is 1. The zero-order chi connectivity index (χ0) is 20.2. The second-order valence-corrected chi connectivity index (χ2v) is 7.26. The smallest absolute Gasteiger partial charge is 0.337 e. The van der Waals surface area contributed by atoms with Gasteiger partial charge in [-0.3, -0.25) is 9.59 Å². The maximum Gasteiger partial charge on any atom is 0.337 e. The van der Waals surface area contributed by atoms with Crippen LogP contribution < -0.4 is 10.6 Å². The normalized spacial score (nSPS) is 10.9. The highest BCUT2D eigenvalue weighted by molar-refractivity contribution is 6.06. The molecular formula is C21H24N2O4. The quantitative estimate of drug-likeness (QED) is 0.808. The van der Waals surface area contributed by atoms with Gasteiger partial charge in [0.25, 0.3) is 11.8 Å². The molecule has 0 heterocycles. The number of ether oxygens (including phenoxy) is 1. The molecule has 0 atom stereocenters. The van der Waals surface area contributed by atoms with Crippen molar-refractivity contribution in [3.05, 3.63) is 64.7 Å². The van der Waals surface area contributed by atoms with Gasteiger partial charge >= 0.3 is 5.97 Å². The van der Waals surface area contributed by atoms with E-state index in [4.69, 9.17) is 4.74 Å². The van der Waals surface area contributed by atoms with E-state index in [1.807, 2.05) is 27.7 Å². The second kappa shape index (κ2) is 8.03. The average molecular weight is 368 g/mol. The van der Waals surface area contributed by atoms with Crippen LogP contribution >= 0.6 is 0 Å². The molecule has 2 aromatic carbocycles. The molecule has 0 spiro atoms. The Morgan fingerprint density at radius 3 is 1.89 bits per heavy atom. The van der Waals surface area contributed by atoms with Crippen molar-refractivity contribution in [1.82, 2.24) is 5.32 Å². The molecule has 0 aliphatic heterocycles. The van der Waals surface area contributed by atoms with Gasteiger partial charge in [-0.1, -0.05) is 6.07 Å². The van der Waals surface area contributed by atoms with E-state index < -0.39 is 5.97 Å². The van der Waals surface area contributed by atoms with Crippen LogP contribution in [0.15, 0.2) is 42.5 Å². The third-order valence-electron chi connectivity index (χ3n) is 3.80. The lowest BCUT2D eigenvalue weighted by atomic mass is 10.1. The van der Waals surface area contributed by atoms with E-state index in [1.165, 1.54) is 7.11 Å². The third kappa shape index (κ3) is 5.41. The number of methoxy groups -OCH3 is 1. The largest absolute Gasteiger partial charge is 0.465 e. The highest BCUT2D eigenvalue weighted by Crippen LogP contribution is 2.19. The van der Waals surface area contributed by atoms with Crippen LogP contribution in [-0.4, -0.2) is 30.4 Å². The number of rotatable bonds is 4. The Balaban J connectivity index is 2.15. The Bertz CT molecular complexity index is 865. The second-order valence-electron chi connectivity index (χ2n) is 7.26. The van der Waals surface area contributed by atoms with Crippen LogP contribution in [0, 0.1) is 6.92 Å². The molecule has 2 aromatic rings. The summed E-state index contributed by atoms with van der Waals surface area (Å²) < 4.78 is 4.70. The number of nitrogens with one attached hydrogen (secondary N) is 2. The van der Waals surface area contributed by atoms with E-state index in [1.54, 1.807) is 42.5 Å². The Hall–Kier alpha value is -3.15. The molecule has 0 unspecified atom stereocenters. The minimum Gasteiger partial charge on any atom is -0.465 e. The van der Waals surface area contributed by atoms with E-state index in [-0.39, 0.29) is 17.4 Å². The standard InChI is InChI=1S/C21H24N2O4/c1-13-6-7-16(20(26)27-5)12-17(13)22-18(24)14-8-10-15(11-9-14)19(25)23-21(2,3)4/h6-12H,1-5H3,(H,22,24)(H,23,25). The molecule has 0 radical (unpaired) electrons. The van der Waals surface area contributed by atoms with Gasteiger partial charge in [0.2, 0.25) is 0 Å². The summed E-state index contributed by atoms with van der Waals surface area (Å²) in [6.07, 6.45) is 0. The van der Waals surface area contributed by atoms with Crippen molar-refractivity contribution in [3.8, 4) is 0 Å². The van der Waals surface area contributed by atoms with Gasteiger partial charge in [-0.05, 0) is 69.7 Å². The summed E-state index contributed by atoms with van der Waals surface area (Å²) in [5.74, 6) is -1.00. The van der Waals surface area contributed by atoms with E-state index >= 15 is 0 Å². The molecule has 6 heteroatoms. The SMILES string of the molecule is COC(=O)c1ccc(C)c(NC(=O)c2ccc(C(=O)NC(C)(C)C)cc2)c1. The van der Waals surface area contributed by atoms with Gasteiger partial charge in [0, 0.05) is 22.4 Å². The molecule has 0 aromatic heterocycles. The van der Waals surface area contributed by atoms with Gasteiger partial charge in [-0.2, -0.15) is 0 Å². The van der Waals surface area contributed by atoms with E-state index in [0.29, 0.717) is 22.4 Å². The molecule has 2 rings (SSSR count). The summed E-state index contributed by atoms with van der Waals surface area (Å²) in [5, 5.41) is 5.66. The number of amides is 2. The van der Waals surface area contributed by atoms with Gasteiger partial charge in [-0.15, -0.1) is 0 Å². The Kier molecular flexibility index (Phi) is 6.00. The van der Waals surface area contributed by atoms with Crippen molar-refractivity contribution < 1.29 is 19.1 Å². The van der Waals surface area contributed by atoms with Crippen LogP contribution in [-0.2, 0) is 4.74 Å². The van der Waals surface area contributed by atoms with Crippen molar-refractivity contribution in [2.45, 2.75) is 33.2 Å². The predicted molar refractivity (Wildman–Crippen MR) is 104 cm³/mol. The maximum absolute atomic E-state index is 12.5. The fourth-order valence-corrected chi connectivity index (χ4v) is 2.38. The average Bonchev–Trinajstić information content (AvgIpc) is 2.61. The minimum atomic E-state index is -0.472. The zero-order valence-corrected chi connectivity index (χ0v) is 16.2. The van der Waals surface area contributed by atoms with Gasteiger partial charge in [0.15, 0.2) is 0 Å². The number of carbonyl (C=O) groups is 3. The summed E-state index contributed by atoms with van der Waals surface area (Å²) in [6, 6.07) is 11.3. The topological polar surface area (TPSA) is 84.5 Å². The Labute approximate surface area is 158 Å². The number of anilines is 1. The van der Waals surface area contributed by atoms with Crippen molar-refractivity contribution in [3.63, 3.8) is 0 Å². The number of hydrogen-bond donors (Lipinski definition) is 2. The molecule has 0 bridgehead atoms. The summed E-state index contributed by atoms with van der Waals surface area (Å²) in [6.45, 7) is 7.53. The zero-order valence-electron chi connectivity index (χ0n) is 16.2. The Morgan fingerprint density at radius 1 is 0.852 bits per heavy atom. The van der Waals surface area contributed by atoms with E-state index in [2.05, 4.69) is 10.6 Å². The molecule has 0 saturated carbocycles. The maximum atomic E-state index is 12.5. The first kappa shape index (κ1) is 20.2. The minimum absolute atomic E-state index is 0.198. The first-order valence-electron chi connectivity index (χ1n) is 8.53. The van der Waals surface area contributed by atoms with E-state index in [0.717, 1.165) is 5.56 Å². The number of esters is 1. The first-order chi connectivity index (χ1) is 12.6. The van der Waals surface area contributed by atoms with Crippen molar-refractivity contribution in [1.29, 1.82) is 0 Å². The first-order valence-corrected chi connectivity index (χ1v) is 8.53. The summed E-state index contributed by atoms with van der Waals surface area (Å²) in [7, 11) is 1.30.